The molecule has 2 aliphatic rings. The van der Waals surface area contributed by atoms with Gasteiger partial charge < -0.3 is 5.11 Å². The van der Waals surface area contributed by atoms with Crippen molar-refractivity contribution in [2.45, 2.75) is 44.9 Å². The van der Waals surface area contributed by atoms with Crippen LogP contribution in [0.4, 0.5) is 0 Å². The molecule has 2 rings (SSSR count). The number of aliphatic carboxylic acids is 1. The number of fused-ring (bicyclic) bond motifs is 1. The van der Waals surface area contributed by atoms with Crippen molar-refractivity contribution in [2.75, 3.05) is 0 Å². The molecule has 0 aliphatic heterocycles. The van der Waals surface area contributed by atoms with Gasteiger partial charge in [0.1, 0.15) is 0 Å². The smallest absolute Gasteiger partial charge is 0.303 e. The lowest BCUT2D eigenvalue weighted by Gasteiger charge is -2.00. The summed E-state index contributed by atoms with van der Waals surface area (Å²) in [4.78, 5) is 10.3. The van der Waals surface area contributed by atoms with Gasteiger partial charge in [0.2, 0.25) is 0 Å². The minimum Gasteiger partial charge on any atom is -0.481 e. The van der Waals surface area contributed by atoms with Gasteiger partial charge >= 0.3 is 5.97 Å². The van der Waals surface area contributed by atoms with Crippen LogP contribution in [0.25, 0.3) is 0 Å². The SMILES string of the molecule is O=C(O)CCC=CC1=C2CCCC2CC1. The fourth-order valence-corrected chi connectivity index (χ4v) is 2.77. The fraction of sp³-hybridized carbons (Fsp3) is 0.615. The second-order valence-electron chi connectivity index (χ2n) is 4.51. The van der Waals surface area contributed by atoms with E-state index in [0.29, 0.717) is 6.42 Å². The minimum absolute atomic E-state index is 0.253. The van der Waals surface area contributed by atoms with Gasteiger partial charge in [-0.1, -0.05) is 17.7 Å². The molecule has 2 nitrogen and oxygen atoms in total. The van der Waals surface area contributed by atoms with E-state index in [4.69, 9.17) is 5.11 Å². The Bertz CT molecular complexity index is 312. The van der Waals surface area contributed by atoms with E-state index in [2.05, 4.69) is 6.08 Å². The molecule has 15 heavy (non-hydrogen) atoms. The first-order valence-corrected chi connectivity index (χ1v) is 5.87. The molecular formula is C13H18O2. The van der Waals surface area contributed by atoms with E-state index in [1.54, 1.807) is 5.57 Å². The maximum absolute atomic E-state index is 10.3. The van der Waals surface area contributed by atoms with Crippen LogP contribution in [0.2, 0.25) is 0 Å². The molecule has 0 amide bonds. The van der Waals surface area contributed by atoms with Gasteiger partial charge in [-0.3, -0.25) is 4.79 Å². The van der Waals surface area contributed by atoms with E-state index in [-0.39, 0.29) is 6.42 Å². The maximum atomic E-state index is 10.3. The van der Waals surface area contributed by atoms with Crippen molar-refractivity contribution in [1.29, 1.82) is 0 Å². The van der Waals surface area contributed by atoms with Gasteiger partial charge in [-0.2, -0.15) is 0 Å². The molecule has 0 aromatic carbocycles. The lowest BCUT2D eigenvalue weighted by atomic mass is 10.1. The number of carboxylic acid groups (broad SMARTS) is 1. The first kappa shape index (κ1) is 10.5. The van der Waals surface area contributed by atoms with Gasteiger partial charge in [-0.25, -0.2) is 0 Å². The molecule has 1 atom stereocenters. The number of carboxylic acids is 1. The number of rotatable bonds is 4. The second kappa shape index (κ2) is 4.65. The molecule has 2 aliphatic carbocycles. The van der Waals surface area contributed by atoms with Crippen LogP contribution in [0.5, 0.6) is 0 Å². The Morgan fingerprint density at radius 1 is 1.40 bits per heavy atom. The van der Waals surface area contributed by atoms with Crippen molar-refractivity contribution in [3.8, 4) is 0 Å². The molecule has 1 unspecified atom stereocenters. The Balaban J connectivity index is 1.89. The number of carbonyl (C=O) groups is 1. The Morgan fingerprint density at radius 2 is 2.27 bits per heavy atom. The summed E-state index contributed by atoms with van der Waals surface area (Å²) in [6.07, 6.45) is 11.7. The van der Waals surface area contributed by atoms with Crippen molar-refractivity contribution >= 4 is 5.97 Å². The molecule has 0 spiro atoms. The first-order chi connectivity index (χ1) is 7.27. The van der Waals surface area contributed by atoms with E-state index in [1.807, 2.05) is 6.08 Å². The van der Waals surface area contributed by atoms with Crippen LogP contribution < -0.4 is 0 Å². The topological polar surface area (TPSA) is 37.3 Å². The number of allylic oxidation sites excluding steroid dienone is 4. The van der Waals surface area contributed by atoms with Gasteiger partial charge in [0, 0.05) is 6.42 Å². The number of hydrogen-bond acceptors (Lipinski definition) is 1. The highest BCUT2D eigenvalue weighted by molar-refractivity contribution is 5.66. The van der Waals surface area contributed by atoms with Gasteiger partial charge in [-0.05, 0) is 50.0 Å². The van der Waals surface area contributed by atoms with Gasteiger partial charge in [-0.15, -0.1) is 0 Å². The summed E-state index contributed by atoms with van der Waals surface area (Å²) < 4.78 is 0. The summed E-state index contributed by atoms with van der Waals surface area (Å²) in [5.74, 6) is 0.159. The zero-order valence-corrected chi connectivity index (χ0v) is 9.04. The molecule has 1 saturated carbocycles. The summed E-state index contributed by atoms with van der Waals surface area (Å²) in [7, 11) is 0. The first-order valence-electron chi connectivity index (χ1n) is 5.87. The average molecular weight is 206 g/mol. The van der Waals surface area contributed by atoms with E-state index < -0.39 is 5.97 Å². The Labute approximate surface area is 90.7 Å². The Morgan fingerprint density at radius 3 is 3.07 bits per heavy atom. The number of hydrogen-bond donors (Lipinski definition) is 1. The standard InChI is InChI=1S/C13H18O2/c14-13(15)7-2-1-4-10-8-9-11-5-3-6-12(10)11/h1,4,11H,2-3,5-9H2,(H,14,15). The monoisotopic (exact) mass is 206 g/mol. The third kappa shape index (κ3) is 2.49. The summed E-state index contributed by atoms with van der Waals surface area (Å²) in [5, 5.41) is 8.51. The molecule has 0 bridgehead atoms. The molecule has 2 heteroatoms. The van der Waals surface area contributed by atoms with Crippen molar-refractivity contribution in [2.24, 2.45) is 5.92 Å². The lowest BCUT2D eigenvalue weighted by Crippen LogP contribution is -1.91. The maximum Gasteiger partial charge on any atom is 0.303 e. The highest BCUT2D eigenvalue weighted by Crippen LogP contribution is 2.43. The second-order valence-corrected chi connectivity index (χ2v) is 4.51. The van der Waals surface area contributed by atoms with Crippen LogP contribution in [-0.2, 0) is 4.79 Å². The van der Waals surface area contributed by atoms with Gasteiger partial charge in [0.05, 0.1) is 0 Å². The van der Waals surface area contributed by atoms with Crippen LogP contribution >= 0.6 is 0 Å². The van der Waals surface area contributed by atoms with E-state index in [1.165, 1.54) is 37.7 Å². The quantitative estimate of drug-likeness (QED) is 0.766. The van der Waals surface area contributed by atoms with Crippen molar-refractivity contribution in [3.05, 3.63) is 23.3 Å². The third-order valence-corrected chi connectivity index (χ3v) is 3.51. The highest BCUT2D eigenvalue weighted by atomic mass is 16.4. The van der Waals surface area contributed by atoms with E-state index in [9.17, 15) is 4.79 Å². The minimum atomic E-state index is -0.706. The van der Waals surface area contributed by atoms with Gasteiger partial charge in [0.15, 0.2) is 0 Å². The molecule has 0 radical (unpaired) electrons. The van der Waals surface area contributed by atoms with Crippen molar-refractivity contribution < 1.29 is 9.90 Å². The van der Waals surface area contributed by atoms with Crippen LogP contribution in [0.3, 0.4) is 0 Å². The third-order valence-electron chi connectivity index (χ3n) is 3.51. The van der Waals surface area contributed by atoms with Crippen LogP contribution in [0.15, 0.2) is 23.3 Å². The largest absolute Gasteiger partial charge is 0.481 e. The predicted octanol–water partition coefficient (Wildman–Crippen LogP) is 3.30. The molecule has 0 saturated heterocycles. The molecular weight excluding hydrogens is 188 g/mol. The van der Waals surface area contributed by atoms with Crippen LogP contribution in [0.1, 0.15) is 44.9 Å². The molecule has 0 aromatic rings. The summed E-state index contributed by atoms with van der Waals surface area (Å²) in [6.45, 7) is 0. The van der Waals surface area contributed by atoms with Crippen LogP contribution in [0, 0.1) is 5.92 Å². The summed E-state index contributed by atoms with van der Waals surface area (Å²) >= 11 is 0. The zero-order chi connectivity index (χ0) is 10.7. The van der Waals surface area contributed by atoms with Crippen LogP contribution in [-0.4, -0.2) is 11.1 Å². The normalized spacial score (nSPS) is 25.2. The molecule has 0 aromatic heterocycles. The van der Waals surface area contributed by atoms with E-state index in [0.717, 1.165) is 5.92 Å². The Kier molecular flexibility index (Phi) is 3.24. The lowest BCUT2D eigenvalue weighted by molar-refractivity contribution is -0.136. The predicted molar refractivity (Wildman–Crippen MR) is 59.6 cm³/mol. The van der Waals surface area contributed by atoms with Crippen molar-refractivity contribution in [3.63, 3.8) is 0 Å². The summed E-state index contributed by atoms with van der Waals surface area (Å²) in [6, 6.07) is 0. The molecule has 82 valence electrons. The van der Waals surface area contributed by atoms with Crippen molar-refractivity contribution in [1.82, 2.24) is 0 Å². The highest BCUT2D eigenvalue weighted by Gasteiger charge is 2.27. The Hall–Kier alpha value is -1.05. The fourth-order valence-electron chi connectivity index (χ4n) is 2.77. The van der Waals surface area contributed by atoms with E-state index >= 15 is 0 Å². The molecule has 1 N–H and O–H groups in total. The van der Waals surface area contributed by atoms with Gasteiger partial charge in [0.25, 0.3) is 0 Å². The molecule has 1 fully saturated rings. The average Bonchev–Trinajstić information content (AvgIpc) is 2.74. The zero-order valence-electron chi connectivity index (χ0n) is 9.04. The summed E-state index contributed by atoms with van der Waals surface area (Å²) in [5.41, 5.74) is 3.17. The molecule has 0 heterocycles.